The maximum atomic E-state index is 12.7. The van der Waals surface area contributed by atoms with E-state index in [0.717, 1.165) is 54.8 Å². The predicted molar refractivity (Wildman–Crippen MR) is 120 cm³/mol. The summed E-state index contributed by atoms with van der Waals surface area (Å²) < 4.78 is 0. The number of nitrogens with zero attached hydrogens (tertiary/aromatic N) is 4. The highest BCUT2D eigenvalue weighted by Gasteiger charge is 2.21. The molecule has 2 amide bonds. The van der Waals surface area contributed by atoms with Gasteiger partial charge in [-0.15, -0.1) is 11.8 Å². The number of urea groups is 1. The van der Waals surface area contributed by atoms with Crippen molar-refractivity contribution in [3.63, 3.8) is 0 Å². The van der Waals surface area contributed by atoms with Crippen LogP contribution in [-0.2, 0) is 12.3 Å². The third-order valence-electron chi connectivity index (χ3n) is 4.99. The summed E-state index contributed by atoms with van der Waals surface area (Å²) >= 11 is 1.69. The van der Waals surface area contributed by atoms with E-state index in [9.17, 15) is 4.79 Å². The number of benzene rings is 1. The molecule has 3 aromatic rings. The lowest BCUT2D eigenvalue weighted by Crippen LogP contribution is -2.49. The van der Waals surface area contributed by atoms with Gasteiger partial charge in [0.15, 0.2) is 0 Å². The molecule has 1 saturated heterocycles. The van der Waals surface area contributed by atoms with Crippen molar-refractivity contribution in [3.05, 3.63) is 84.3 Å². The first kappa shape index (κ1) is 20.4. The molecule has 1 fully saturated rings. The Hall–Kier alpha value is -2.90. The molecule has 0 bridgehead atoms. The molecule has 1 aliphatic heterocycles. The summed E-state index contributed by atoms with van der Waals surface area (Å²) in [7, 11) is 0. The number of hydrogen-bond acceptors (Lipinski definition) is 5. The number of nitrogens with one attached hydrogen (secondary N) is 1. The lowest BCUT2D eigenvalue weighted by Gasteiger charge is -2.34. The van der Waals surface area contributed by atoms with Crippen LogP contribution in [0.1, 0.15) is 11.1 Å². The van der Waals surface area contributed by atoms with Gasteiger partial charge < -0.3 is 10.2 Å². The Kier molecular flexibility index (Phi) is 6.95. The van der Waals surface area contributed by atoms with Crippen molar-refractivity contribution < 1.29 is 4.79 Å². The molecule has 0 atom stereocenters. The number of carbonyl (C=O) groups is 1. The molecule has 6 nitrogen and oxygen atoms in total. The second kappa shape index (κ2) is 10.2. The Labute approximate surface area is 181 Å². The van der Waals surface area contributed by atoms with Crippen LogP contribution in [0.5, 0.6) is 0 Å². The third kappa shape index (κ3) is 5.81. The molecule has 0 spiro atoms. The third-order valence-corrected chi connectivity index (χ3v) is 6.01. The molecule has 154 valence electrons. The fourth-order valence-corrected chi connectivity index (χ4v) is 4.19. The summed E-state index contributed by atoms with van der Waals surface area (Å²) in [6.45, 7) is 4.05. The smallest absolute Gasteiger partial charge is 0.321 e. The zero-order valence-electron chi connectivity index (χ0n) is 16.8. The maximum absolute atomic E-state index is 12.7. The first-order valence-electron chi connectivity index (χ1n) is 10.1. The topological polar surface area (TPSA) is 61.4 Å². The fourth-order valence-electron chi connectivity index (χ4n) is 3.39. The van der Waals surface area contributed by atoms with Crippen molar-refractivity contribution in [2.75, 3.05) is 31.5 Å². The van der Waals surface area contributed by atoms with E-state index >= 15 is 0 Å². The van der Waals surface area contributed by atoms with Crippen LogP contribution in [0, 0.1) is 0 Å². The van der Waals surface area contributed by atoms with Crippen LogP contribution >= 0.6 is 11.8 Å². The summed E-state index contributed by atoms with van der Waals surface area (Å²) in [6, 6.07) is 17.9. The Bertz CT molecular complexity index is 946. The second-order valence-corrected chi connectivity index (χ2v) is 8.21. The number of amides is 2. The van der Waals surface area contributed by atoms with Crippen molar-refractivity contribution in [1.82, 2.24) is 19.8 Å². The Morgan fingerprint density at radius 2 is 1.83 bits per heavy atom. The van der Waals surface area contributed by atoms with Gasteiger partial charge in [-0.25, -0.2) is 9.78 Å². The molecule has 2 aromatic heterocycles. The predicted octanol–water partition coefficient (Wildman–Crippen LogP) is 4.12. The number of carbonyl (C=O) groups excluding carboxylic acids is 1. The molecule has 0 saturated carbocycles. The minimum absolute atomic E-state index is 0.0365. The lowest BCUT2D eigenvalue weighted by atomic mass is 10.2. The SMILES string of the molecule is O=C(Nc1cccc(CSc2ccccn2)c1)N1CCN(Cc2cccnc2)CC1. The number of piperazine rings is 1. The highest BCUT2D eigenvalue weighted by Crippen LogP contribution is 2.22. The first-order chi connectivity index (χ1) is 14.8. The zero-order valence-corrected chi connectivity index (χ0v) is 17.6. The van der Waals surface area contributed by atoms with Crippen LogP contribution in [0.15, 0.2) is 78.2 Å². The average Bonchev–Trinajstić information content (AvgIpc) is 2.80. The van der Waals surface area contributed by atoms with Crippen molar-refractivity contribution in [2.24, 2.45) is 0 Å². The van der Waals surface area contributed by atoms with Gasteiger partial charge in [-0.2, -0.15) is 0 Å². The molecule has 30 heavy (non-hydrogen) atoms. The molecule has 0 aliphatic carbocycles. The summed E-state index contributed by atoms with van der Waals surface area (Å²) in [5.74, 6) is 0.813. The zero-order chi connectivity index (χ0) is 20.6. The van der Waals surface area contributed by atoms with Gasteiger partial charge in [-0.1, -0.05) is 24.3 Å². The summed E-state index contributed by atoms with van der Waals surface area (Å²) in [5, 5.41) is 4.04. The average molecular weight is 420 g/mol. The Balaban J connectivity index is 1.26. The van der Waals surface area contributed by atoms with Crippen LogP contribution in [0.3, 0.4) is 0 Å². The van der Waals surface area contributed by atoms with Crippen LogP contribution in [-0.4, -0.2) is 52.0 Å². The van der Waals surface area contributed by atoms with Crippen molar-refractivity contribution in [1.29, 1.82) is 0 Å². The first-order valence-corrected chi connectivity index (χ1v) is 11.0. The van der Waals surface area contributed by atoms with E-state index in [1.165, 1.54) is 5.56 Å². The molecule has 0 radical (unpaired) electrons. The molecular weight excluding hydrogens is 394 g/mol. The molecular formula is C23H25N5OS. The summed E-state index contributed by atoms with van der Waals surface area (Å²) in [5.41, 5.74) is 3.19. The number of hydrogen-bond donors (Lipinski definition) is 1. The van der Waals surface area contributed by atoms with E-state index in [4.69, 9.17) is 0 Å². The standard InChI is InChI=1S/C23H25N5OS/c29-23(28-13-11-27(12-14-28)17-20-6-4-9-24-16-20)26-21-7-3-5-19(15-21)18-30-22-8-1-2-10-25-22/h1-10,15-16H,11-14,17-18H2,(H,26,29). The molecule has 4 rings (SSSR count). The maximum Gasteiger partial charge on any atom is 0.321 e. The van der Waals surface area contributed by atoms with E-state index in [1.54, 1.807) is 24.2 Å². The summed E-state index contributed by atoms with van der Waals surface area (Å²) in [4.78, 5) is 25.4. The van der Waals surface area contributed by atoms with Crippen molar-refractivity contribution >= 4 is 23.5 Å². The van der Waals surface area contributed by atoms with Gasteiger partial charge in [-0.3, -0.25) is 9.88 Å². The van der Waals surface area contributed by atoms with Gasteiger partial charge in [0.25, 0.3) is 0 Å². The fraction of sp³-hybridized carbons (Fsp3) is 0.261. The molecule has 3 heterocycles. The molecule has 1 aliphatic rings. The van der Waals surface area contributed by atoms with Crippen molar-refractivity contribution in [3.8, 4) is 0 Å². The van der Waals surface area contributed by atoms with Gasteiger partial charge in [0.1, 0.15) is 0 Å². The highest BCUT2D eigenvalue weighted by atomic mass is 32.2. The number of aromatic nitrogens is 2. The van der Waals surface area contributed by atoms with E-state index in [2.05, 4.69) is 32.3 Å². The minimum atomic E-state index is -0.0365. The molecule has 1 N–H and O–H groups in total. The van der Waals surface area contributed by atoms with Crippen LogP contribution in [0.4, 0.5) is 10.5 Å². The van der Waals surface area contributed by atoms with Gasteiger partial charge in [0.05, 0.1) is 5.03 Å². The molecule has 7 heteroatoms. The van der Waals surface area contributed by atoms with Crippen molar-refractivity contribution in [2.45, 2.75) is 17.3 Å². The summed E-state index contributed by atoms with van der Waals surface area (Å²) in [6.07, 6.45) is 5.49. The van der Waals surface area contributed by atoms with Gasteiger partial charge >= 0.3 is 6.03 Å². The number of rotatable bonds is 6. The van der Waals surface area contributed by atoms with Crippen LogP contribution in [0.2, 0.25) is 0 Å². The van der Waals surface area contributed by atoms with Crippen LogP contribution < -0.4 is 5.32 Å². The van der Waals surface area contributed by atoms with E-state index in [1.807, 2.05) is 53.6 Å². The van der Waals surface area contributed by atoms with E-state index in [-0.39, 0.29) is 6.03 Å². The van der Waals surface area contributed by atoms with Crippen LogP contribution in [0.25, 0.3) is 0 Å². The van der Waals surface area contributed by atoms with Gasteiger partial charge in [-0.05, 0) is 41.5 Å². The number of anilines is 1. The Morgan fingerprint density at radius 3 is 2.60 bits per heavy atom. The normalized spacial score (nSPS) is 14.5. The molecule has 0 unspecified atom stereocenters. The molecule has 1 aromatic carbocycles. The number of thioether (sulfide) groups is 1. The number of pyridine rings is 2. The van der Waals surface area contributed by atoms with Gasteiger partial charge in [0, 0.05) is 62.8 Å². The monoisotopic (exact) mass is 419 g/mol. The highest BCUT2D eigenvalue weighted by molar-refractivity contribution is 7.98. The van der Waals surface area contributed by atoms with E-state index in [0.29, 0.717) is 0 Å². The van der Waals surface area contributed by atoms with E-state index < -0.39 is 0 Å². The second-order valence-electron chi connectivity index (χ2n) is 7.21. The Morgan fingerprint density at radius 1 is 0.967 bits per heavy atom. The largest absolute Gasteiger partial charge is 0.322 e. The quantitative estimate of drug-likeness (QED) is 0.609. The minimum Gasteiger partial charge on any atom is -0.322 e. The van der Waals surface area contributed by atoms with Gasteiger partial charge in [0.2, 0.25) is 0 Å². The lowest BCUT2D eigenvalue weighted by molar-refractivity contribution is 0.143.